The fourth-order valence-corrected chi connectivity index (χ4v) is 4.19. The first-order valence-corrected chi connectivity index (χ1v) is 7.58. The van der Waals surface area contributed by atoms with E-state index in [0.717, 1.165) is 23.7 Å². The minimum absolute atomic E-state index is 0.263. The van der Waals surface area contributed by atoms with Gasteiger partial charge in [0, 0.05) is 10.1 Å². The fraction of sp³-hybridized carbons (Fsp3) is 0.571. The van der Waals surface area contributed by atoms with E-state index < -0.39 is 10.8 Å². The minimum atomic E-state index is -0.967. The summed E-state index contributed by atoms with van der Waals surface area (Å²) in [5.41, 5.74) is 0. The van der Waals surface area contributed by atoms with Gasteiger partial charge in [-0.1, -0.05) is 26.2 Å². The number of hydrogen-bond donors (Lipinski definition) is 0. The molecule has 3 unspecified atom stereocenters. The molecule has 1 aliphatic carbocycles. The van der Waals surface area contributed by atoms with Gasteiger partial charge < -0.3 is 0 Å². The molecular formula is C14H19FOS. The first-order chi connectivity index (χ1) is 8.20. The first kappa shape index (κ1) is 12.7. The zero-order chi connectivity index (χ0) is 12.3. The first-order valence-electron chi connectivity index (χ1n) is 6.37. The molecule has 17 heavy (non-hydrogen) atoms. The van der Waals surface area contributed by atoms with Gasteiger partial charge in [0.25, 0.3) is 0 Å². The van der Waals surface area contributed by atoms with Crippen molar-refractivity contribution in [2.45, 2.75) is 49.2 Å². The van der Waals surface area contributed by atoms with E-state index in [1.54, 1.807) is 12.1 Å². The predicted octanol–water partition coefficient (Wildman–Crippen LogP) is 3.90. The molecule has 0 spiro atoms. The molecule has 1 aromatic rings. The second-order valence-electron chi connectivity index (χ2n) is 4.81. The highest BCUT2D eigenvalue weighted by Gasteiger charge is 2.26. The Labute approximate surface area is 105 Å². The quantitative estimate of drug-likeness (QED) is 0.799. The molecular weight excluding hydrogens is 235 g/mol. The summed E-state index contributed by atoms with van der Waals surface area (Å²) in [5.74, 6) is 0.457. The normalized spacial score (nSPS) is 26.7. The standard InChI is InChI=1S/C14H19FOS/c1-2-11-4-3-5-14(10-11)17(16)13-8-6-12(15)7-9-13/h6-9,11,14H,2-5,10H2,1H3. The van der Waals surface area contributed by atoms with Crippen molar-refractivity contribution < 1.29 is 8.60 Å². The fourth-order valence-electron chi connectivity index (χ4n) is 2.57. The highest BCUT2D eigenvalue weighted by molar-refractivity contribution is 7.85. The van der Waals surface area contributed by atoms with Crippen molar-refractivity contribution in [3.63, 3.8) is 0 Å². The molecule has 1 saturated carbocycles. The Balaban J connectivity index is 2.06. The van der Waals surface area contributed by atoms with Gasteiger partial charge >= 0.3 is 0 Å². The van der Waals surface area contributed by atoms with Crippen LogP contribution in [0, 0.1) is 11.7 Å². The molecule has 2 rings (SSSR count). The third-order valence-electron chi connectivity index (χ3n) is 3.66. The summed E-state index contributed by atoms with van der Waals surface area (Å²) in [6.07, 6.45) is 5.72. The molecule has 0 saturated heterocycles. The lowest BCUT2D eigenvalue weighted by Gasteiger charge is -2.27. The second kappa shape index (κ2) is 5.76. The lowest BCUT2D eigenvalue weighted by molar-refractivity contribution is 0.353. The van der Waals surface area contributed by atoms with E-state index in [1.807, 2.05) is 0 Å². The summed E-state index contributed by atoms with van der Waals surface area (Å²) in [7, 11) is -0.967. The van der Waals surface area contributed by atoms with Crippen molar-refractivity contribution >= 4 is 10.8 Å². The van der Waals surface area contributed by atoms with Crippen molar-refractivity contribution in [1.29, 1.82) is 0 Å². The molecule has 0 aromatic heterocycles. The van der Waals surface area contributed by atoms with Crippen molar-refractivity contribution in [1.82, 2.24) is 0 Å². The van der Waals surface area contributed by atoms with E-state index in [0.29, 0.717) is 0 Å². The van der Waals surface area contributed by atoms with Crippen molar-refractivity contribution in [3.05, 3.63) is 30.1 Å². The molecule has 1 fully saturated rings. The molecule has 0 heterocycles. The molecule has 0 aliphatic heterocycles. The molecule has 1 nitrogen and oxygen atoms in total. The van der Waals surface area contributed by atoms with E-state index in [2.05, 4.69) is 6.92 Å². The summed E-state index contributed by atoms with van der Waals surface area (Å²) >= 11 is 0. The van der Waals surface area contributed by atoms with Crippen LogP contribution in [0.15, 0.2) is 29.2 Å². The van der Waals surface area contributed by atoms with Gasteiger partial charge in [0.1, 0.15) is 5.82 Å². The summed E-state index contributed by atoms with van der Waals surface area (Å²) in [5, 5.41) is 0.263. The Bertz CT molecular complexity index is 388. The van der Waals surface area contributed by atoms with Gasteiger partial charge in [-0.05, 0) is 43.0 Å². The van der Waals surface area contributed by atoms with Crippen molar-refractivity contribution in [2.24, 2.45) is 5.92 Å². The van der Waals surface area contributed by atoms with Gasteiger partial charge in [-0.15, -0.1) is 0 Å². The Morgan fingerprint density at radius 2 is 2.00 bits per heavy atom. The van der Waals surface area contributed by atoms with Crippen LogP contribution in [0.1, 0.15) is 39.0 Å². The number of halogens is 1. The highest BCUT2D eigenvalue weighted by Crippen LogP contribution is 2.31. The molecule has 1 aromatic carbocycles. The van der Waals surface area contributed by atoms with Crippen LogP contribution in [0.5, 0.6) is 0 Å². The summed E-state index contributed by atoms with van der Waals surface area (Å²) in [6.45, 7) is 2.20. The van der Waals surface area contributed by atoms with E-state index in [9.17, 15) is 8.60 Å². The SMILES string of the molecule is CCC1CCCC(S(=O)c2ccc(F)cc2)C1. The Kier molecular flexibility index (Phi) is 4.32. The molecule has 0 N–H and O–H groups in total. The van der Waals surface area contributed by atoms with Gasteiger partial charge in [-0.25, -0.2) is 4.39 Å². The molecule has 94 valence electrons. The largest absolute Gasteiger partial charge is 0.254 e. The number of hydrogen-bond acceptors (Lipinski definition) is 1. The van der Waals surface area contributed by atoms with Crippen LogP contribution in [0.25, 0.3) is 0 Å². The van der Waals surface area contributed by atoms with Crippen LogP contribution in [0.4, 0.5) is 4.39 Å². The van der Waals surface area contributed by atoms with Gasteiger partial charge in [0.15, 0.2) is 0 Å². The predicted molar refractivity (Wildman–Crippen MR) is 68.8 cm³/mol. The maximum Gasteiger partial charge on any atom is 0.123 e. The zero-order valence-electron chi connectivity index (χ0n) is 10.2. The third-order valence-corrected chi connectivity index (χ3v) is 5.43. The van der Waals surface area contributed by atoms with Crippen molar-refractivity contribution in [3.8, 4) is 0 Å². The average Bonchev–Trinajstić information content (AvgIpc) is 2.39. The highest BCUT2D eigenvalue weighted by atomic mass is 32.2. The second-order valence-corrected chi connectivity index (χ2v) is 6.55. The Morgan fingerprint density at radius 3 is 2.65 bits per heavy atom. The van der Waals surface area contributed by atoms with E-state index in [1.165, 1.54) is 31.4 Å². The van der Waals surface area contributed by atoms with Gasteiger partial charge in [-0.2, -0.15) is 0 Å². The lowest BCUT2D eigenvalue weighted by Crippen LogP contribution is -2.24. The maximum absolute atomic E-state index is 12.8. The average molecular weight is 254 g/mol. The Morgan fingerprint density at radius 1 is 1.29 bits per heavy atom. The lowest BCUT2D eigenvalue weighted by atomic mass is 9.87. The van der Waals surface area contributed by atoms with E-state index >= 15 is 0 Å². The topological polar surface area (TPSA) is 17.1 Å². The van der Waals surface area contributed by atoms with Crippen LogP contribution in [0.3, 0.4) is 0 Å². The monoisotopic (exact) mass is 254 g/mol. The molecule has 1 aliphatic rings. The maximum atomic E-state index is 12.8. The van der Waals surface area contributed by atoms with Crippen LogP contribution in [-0.4, -0.2) is 9.46 Å². The molecule has 0 amide bonds. The van der Waals surface area contributed by atoms with E-state index in [4.69, 9.17) is 0 Å². The van der Waals surface area contributed by atoms with Crippen LogP contribution in [0.2, 0.25) is 0 Å². The smallest absolute Gasteiger partial charge is 0.123 e. The zero-order valence-corrected chi connectivity index (χ0v) is 11.0. The third kappa shape index (κ3) is 3.15. The summed E-state index contributed by atoms with van der Waals surface area (Å²) < 4.78 is 25.2. The van der Waals surface area contributed by atoms with Crippen LogP contribution in [-0.2, 0) is 10.8 Å². The molecule has 0 bridgehead atoms. The van der Waals surface area contributed by atoms with E-state index in [-0.39, 0.29) is 11.1 Å². The van der Waals surface area contributed by atoms with Gasteiger partial charge in [0.2, 0.25) is 0 Å². The number of rotatable bonds is 3. The summed E-state index contributed by atoms with van der Waals surface area (Å²) in [4.78, 5) is 0.771. The number of benzene rings is 1. The van der Waals surface area contributed by atoms with Gasteiger partial charge in [-0.3, -0.25) is 4.21 Å². The van der Waals surface area contributed by atoms with Crippen molar-refractivity contribution in [2.75, 3.05) is 0 Å². The van der Waals surface area contributed by atoms with Crippen LogP contribution < -0.4 is 0 Å². The molecule has 3 heteroatoms. The van der Waals surface area contributed by atoms with Crippen LogP contribution >= 0.6 is 0 Å². The Hall–Kier alpha value is -0.700. The molecule has 0 radical (unpaired) electrons. The molecule has 3 atom stereocenters. The summed E-state index contributed by atoms with van der Waals surface area (Å²) in [6, 6.07) is 6.10. The minimum Gasteiger partial charge on any atom is -0.254 e. The van der Waals surface area contributed by atoms with Gasteiger partial charge in [0.05, 0.1) is 10.8 Å².